The highest BCUT2D eigenvalue weighted by atomic mass is 19.4. The summed E-state index contributed by atoms with van der Waals surface area (Å²) in [5, 5.41) is 2.64. The second-order valence-corrected chi connectivity index (χ2v) is 4.79. The largest absolute Gasteiger partial charge is 0.419 e. The average molecular weight is 295 g/mol. The minimum atomic E-state index is -4.74. The van der Waals surface area contributed by atoms with Crippen molar-refractivity contribution in [2.75, 3.05) is 5.32 Å². The van der Waals surface area contributed by atoms with Crippen molar-refractivity contribution in [2.24, 2.45) is 0 Å². The standard InChI is InChI=1S/C15H9F4NO/c16-12-3-1-9(6-11(12)15(17,18)19)8-2-4-13-10(5-8)7-14(21)20-13/h1-6H,7H2,(H,20,21). The third-order valence-electron chi connectivity index (χ3n) is 3.34. The van der Waals surface area contributed by atoms with Gasteiger partial charge in [-0.2, -0.15) is 13.2 Å². The maximum absolute atomic E-state index is 13.3. The summed E-state index contributed by atoms with van der Waals surface area (Å²) in [6, 6.07) is 7.73. The van der Waals surface area contributed by atoms with Crippen LogP contribution in [-0.4, -0.2) is 5.91 Å². The Balaban J connectivity index is 2.06. The number of anilines is 1. The topological polar surface area (TPSA) is 29.1 Å². The molecule has 0 fully saturated rings. The van der Waals surface area contributed by atoms with Gasteiger partial charge in [-0.05, 0) is 41.0 Å². The summed E-state index contributed by atoms with van der Waals surface area (Å²) in [5.41, 5.74) is 0.841. The maximum Gasteiger partial charge on any atom is 0.419 e. The number of amides is 1. The van der Waals surface area contributed by atoms with Crippen LogP contribution in [0.4, 0.5) is 23.2 Å². The summed E-state index contributed by atoms with van der Waals surface area (Å²) >= 11 is 0. The lowest BCUT2D eigenvalue weighted by Gasteiger charge is -2.11. The van der Waals surface area contributed by atoms with Gasteiger partial charge in [0, 0.05) is 5.69 Å². The van der Waals surface area contributed by atoms with E-state index in [0.717, 1.165) is 17.7 Å². The van der Waals surface area contributed by atoms with Crippen molar-refractivity contribution in [3.8, 4) is 11.1 Å². The van der Waals surface area contributed by atoms with Crippen molar-refractivity contribution in [2.45, 2.75) is 12.6 Å². The molecule has 0 unspecified atom stereocenters. The molecule has 6 heteroatoms. The van der Waals surface area contributed by atoms with Crippen LogP contribution in [0.5, 0.6) is 0 Å². The van der Waals surface area contributed by atoms with E-state index in [9.17, 15) is 22.4 Å². The number of carbonyl (C=O) groups is 1. The van der Waals surface area contributed by atoms with Crippen molar-refractivity contribution >= 4 is 11.6 Å². The Hall–Kier alpha value is -2.37. The van der Waals surface area contributed by atoms with E-state index in [1.54, 1.807) is 18.2 Å². The lowest BCUT2D eigenvalue weighted by Crippen LogP contribution is -2.08. The van der Waals surface area contributed by atoms with Gasteiger partial charge in [-0.1, -0.05) is 12.1 Å². The van der Waals surface area contributed by atoms with Gasteiger partial charge >= 0.3 is 6.18 Å². The molecule has 0 aliphatic carbocycles. The lowest BCUT2D eigenvalue weighted by atomic mass is 9.99. The third kappa shape index (κ3) is 2.49. The smallest absolute Gasteiger partial charge is 0.326 e. The number of rotatable bonds is 1. The van der Waals surface area contributed by atoms with E-state index < -0.39 is 17.6 Å². The Kier molecular flexibility index (Phi) is 2.97. The molecule has 1 heterocycles. The molecule has 2 aromatic carbocycles. The number of alkyl halides is 3. The van der Waals surface area contributed by atoms with Gasteiger partial charge < -0.3 is 5.32 Å². The average Bonchev–Trinajstić information content (AvgIpc) is 2.77. The summed E-state index contributed by atoms with van der Waals surface area (Å²) < 4.78 is 51.4. The van der Waals surface area contributed by atoms with Gasteiger partial charge in [-0.15, -0.1) is 0 Å². The molecular weight excluding hydrogens is 286 g/mol. The molecule has 0 aromatic heterocycles. The normalized spacial score (nSPS) is 14.0. The molecule has 3 rings (SSSR count). The summed E-state index contributed by atoms with van der Waals surface area (Å²) in [7, 11) is 0. The fraction of sp³-hybridized carbons (Fsp3) is 0.133. The van der Waals surface area contributed by atoms with Crippen LogP contribution in [0.1, 0.15) is 11.1 Å². The molecule has 0 bridgehead atoms. The zero-order valence-corrected chi connectivity index (χ0v) is 10.6. The second kappa shape index (κ2) is 4.58. The number of carbonyl (C=O) groups excluding carboxylic acids is 1. The molecule has 1 aliphatic heterocycles. The van der Waals surface area contributed by atoms with Crippen LogP contribution >= 0.6 is 0 Å². The first kappa shape index (κ1) is 13.6. The summed E-state index contributed by atoms with van der Waals surface area (Å²) in [6.07, 6.45) is -4.55. The Labute approximate surface area is 117 Å². The molecule has 108 valence electrons. The molecule has 2 aromatic rings. The summed E-state index contributed by atoms with van der Waals surface area (Å²) in [5.74, 6) is -1.46. The van der Waals surface area contributed by atoms with Crippen LogP contribution < -0.4 is 5.32 Å². The lowest BCUT2D eigenvalue weighted by molar-refractivity contribution is -0.139. The van der Waals surface area contributed by atoms with Crippen molar-refractivity contribution in [1.82, 2.24) is 0 Å². The van der Waals surface area contributed by atoms with E-state index in [1.165, 1.54) is 6.07 Å². The van der Waals surface area contributed by atoms with Gasteiger partial charge in [0.2, 0.25) is 5.91 Å². The predicted octanol–water partition coefficient (Wildman–Crippen LogP) is 4.01. The van der Waals surface area contributed by atoms with E-state index >= 15 is 0 Å². The number of halogens is 4. The Morgan fingerprint density at radius 3 is 2.38 bits per heavy atom. The molecule has 1 N–H and O–H groups in total. The van der Waals surface area contributed by atoms with E-state index in [2.05, 4.69) is 5.32 Å². The fourth-order valence-corrected chi connectivity index (χ4v) is 2.33. The third-order valence-corrected chi connectivity index (χ3v) is 3.34. The van der Waals surface area contributed by atoms with Gasteiger partial charge in [0.15, 0.2) is 0 Å². The van der Waals surface area contributed by atoms with Crippen LogP contribution in [0.2, 0.25) is 0 Å². The number of hydrogen-bond acceptors (Lipinski definition) is 1. The Bertz CT molecular complexity index is 737. The molecule has 1 aliphatic rings. The molecule has 0 radical (unpaired) electrons. The van der Waals surface area contributed by atoms with E-state index in [4.69, 9.17) is 0 Å². The summed E-state index contributed by atoms with van der Waals surface area (Å²) in [6.45, 7) is 0. The molecular formula is C15H9F4NO. The van der Waals surface area contributed by atoms with Crippen LogP contribution in [0.15, 0.2) is 36.4 Å². The number of nitrogens with one attached hydrogen (secondary N) is 1. The van der Waals surface area contributed by atoms with Gasteiger partial charge in [0.1, 0.15) is 5.82 Å². The molecule has 0 saturated carbocycles. The Morgan fingerprint density at radius 2 is 1.67 bits per heavy atom. The molecule has 2 nitrogen and oxygen atoms in total. The fourth-order valence-electron chi connectivity index (χ4n) is 2.33. The van der Waals surface area contributed by atoms with Crippen molar-refractivity contribution in [3.05, 3.63) is 53.3 Å². The quantitative estimate of drug-likeness (QED) is 0.791. The molecule has 0 atom stereocenters. The SMILES string of the molecule is O=C1Cc2cc(-c3ccc(F)c(C(F)(F)F)c3)ccc2N1. The zero-order chi connectivity index (χ0) is 15.2. The number of benzene rings is 2. The van der Waals surface area contributed by atoms with Crippen molar-refractivity contribution in [1.29, 1.82) is 0 Å². The summed E-state index contributed by atoms with van der Waals surface area (Å²) in [4.78, 5) is 11.3. The van der Waals surface area contributed by atoms with E-state index in [0.29, 0.717) is 11.3 Å². The van der Waals surface area contributed by atoms with Crippen LogP contribution in [0.25, 0.3) is 11.1 Å². The zero-order valence-electron chi connectivity index (χ0n) is 10.6. The highest BCUT2D eigenvalue weighted by molar-refractivity contribution is 5.99. The monoisotopic (exact) mass is 295 g/mol. The molecule has 0 spiro atoms. The first-order chi connectivity index (χ1) is 9.84. The van der Waals surface area contributed by atoms with Crippen LogP contribution in [0, 0.1) is 5.82 Å². The van der Waals surface area contributed by atoms with Gasteiger partial charge in [-0.3, -0.25) is 4.79 Å². The molecule has 1 amide bonds. The predicted molar refractivity (Wildman–Crippen MR) is 69.2 cm³/mol. The van der Waals surface area contributed by atoms with E-state index in [-0.39, 0.29) is 17.9 Å². The molecule has 0 saturated heterocycles. The Morgan fingerprint density at radius 1 is 1.00 bits per heavy atom. The van der Waals surface area contributed by atoms with Crippen molar-refractivity contribution in [3.63, 3.8) is 0 Å². The first-order valence-electron chi connectivity index (χ1n) is 6.14. The minimum Gasteiger partial charge on any atom is -0.326 e. The van der Waals surface area contributed by atoms with Gasteiger partial charge in [0.25, 0.3) is 0 Å². The highest BCUT2D eigenvalue weighted by Crippen LogP contribution is 2.35. The van der Waals surface area contributed by atoms with E-state index in [1.807, 2.05) is 0 Å². The maximum atomic E-state index is 13.3. The highest BCUT2D eigenvalue weighted by Gasteiger charge is 2.34. The van der Waals surface area contributed by atoms with Crippen LogP contribution in [0.3, 0.4) is 0 Å². The van der Waals surface area contributed by atoms with Gasteiger partial charge in [0.05, 0.1) is 12.0 Å². The second-order valence-electron chi connectivity index (χ2n) is 4.79. The number of fused-ring (bicyclic) bond motifs is 1. The molecule has 21 heavy (non-hydrogen) atoms. The van der Waals surface area contributed by atoms with Crippen LogP contribution in [-0.2, 0) is 17.4 Å². The van der Waals surface area contributed by atoms with Gasteiger partial charge in [-0.25, -0.2) is 4.39 Å². The number of hydrogen-bond donors (Lipinski definition) is 1. The minimum absolute atomic E-state index is 0.155. The first-order valence-corrected chi connectivity index (χ1v) is 6.14. The van der Waals surface area contributed by atoms with Crippen molar-refractivity contribution < 1.29 is 22.4 Å².